The van der Waals surface area contributed by atoms with Gasteiger partial charge in [0.1, 0.15) is 6.04 Å². The molecule has 1 aliphatic rings. The summed E-state index contributed by atoms with van der Waals surface area (Å²) in [5.41, 5.74) is 4.42. The molecule has 0 fully saturated rings. The highest BCUT2D eigenvalue weighted by Crippen LogP contribution is 2.39. The Bertz CT molecular complexity index is 1150. The number of nitrogens with zero attached hydrogens (tertiary/aromatic N) is 1. The SMILES string of the molecule is CCOC(=O)C1=C(C)NC(SCC(=O)Nc2ccc(C)cc2C)=N[C@H]1c1cccc(Cl)c1Cl. The van der Waals surface area contributed by atoms with Crippen LogP contribution in [0.2, 0.25) is 10.0 Å². The predicted octanol–water partition coefficient (Wildman–Crippen LogP) is 5.82. The molecule has 2 N–H and O–H groups in total. The first-order valence-electron chi connectivity index (χ1n) is 10.4. The van der Waals surface area contributed by atoms with Crippen LogP contribution in [0.1, 0.15) is 36.6 Å². The second-order valence-electron chi connectivity index (χ2n) is 7.52. The van der Waals surface area contributed by atoms with Gasteiger partial charge in [0.15, 0.2) is 5.17 Å². The maximum absolute atomic E-state index is 12.7. The van der Waals surface area contributed by atoms with E-state index in [9.17, 15) is 9.59 Å². The number of ether oxygens (including phenoxy) is 1. The van der Waals surface area contributed by atoms with Gasteiger partial charge in [0.25, 0.3) is 0 Å². The quantitative estimate of drug-likeness (QED) is 0.483. The van der Waals surface area contributed by atoms with Gasteiger partial charge in [0, 0.05) is 16.9 Å². The summed E-state index contributed by atoms with van der Waals surface area (Å²) in [6, 6.07) is 10.3. The van der Waals surface area contributed by atoms with Crippen LogP contribution >= 0.6 is 35.0 Å². The highest BCUT2D eigenvalue weighted by molar-refractivity contribution is 8.14. The number of esters is 1. The monoisotopic (exact) mass is 505 g/mol. The third-order valence-electron chi connectivity index (χ3n) is 4.99. The van der Waals surface area contributed by atoms with E-state index in [0.29, 0.717) is 32.0 Å². The number of aryl methyl sites for hydroxylation is 2. The van der Waals surface area contributed by atoms with Crippen LogP contribution in [0.4, 0.5) is 5.69 Å². The molecule has 0 unspecified atom stereocenters. The smallest absolute Gasteiger partial charge is 0.338 e. The maximum Gasteiger partial charge on any atom is 0.338 e. The number of rotatable bonds is 6. The zero-order valence-corrected chi connectivity index (χ0v) is 21.1. The van der Waals surface area contributed by atoms with Crippen molar-refractivity contribution in [3.8, 4) is 0 Å². The third kappa shape index (κ3) is 6.10. The average molecular weight is 506 g/mol. The summed E-state index contributed by atoms with van der Waals surface area (Å²) in [7, 11) is 0. The number of hydrogen-bond donors (Lipinski definition) is 2. The Morgan fingerprint density at radius 1 is 1.18 bits per heavy atom. The molecule has 0 radical (unpaired) electrons. The number of anilines is 1. The van der Waals surface area contributed by atoms with Crippen molar-refractivity contribution in [1.82, 2.24) is 5.32 Å². The molecule has 9 heteroatoms. The van der Waals surface area contributed by atoms with Crippen molar-refractivity contribution in [2.45, 2.75) is 33.7 Å². The summed E-state index contributed by atoms with van der Waals surface area (Å²) in [6.07, 6.45) is 0. The third-order valence-corrected chi connectivity index (χ3v) is 6.71. The lowest BCUT2D eigenvalue weighted by molar-refractivity contribution is -0.139. The van der Waals surface area contributed by atoms with Crippen molar-refractivity contribution >= 4 is 57.7 Å². The van der Waals surface area contributed by atoms with Crippen molar-refractivity contribution in [3.05, 3.63) is 74.4 Å². The number of hydrogen-bond acceptors (Lipinski definition) is 6. The highest BCUT2D eigenvalue weighted by atomic mass is 35.5. The molecule has 1 atom stereocenters. The van der Waals surface area contributed by atoms with E-state index in [2.05, 4.69) is 15.6 Å². The number of benzene rings is 2. The van der Waals surface area contributed by atoms with Gasteiger partial charge in [-0.1, -0.05) is 64.8 Å². The Morgan fingerprint density at radius 3 is 2.64 bits per heavy atom. The van der Waals surface area contributed by atoms with Gasteiger partial charge in [0.05, 0.1) is 28.0 Å². The minimum Gasteiger partial charge on any atom is -0.463 e. The lowest BCUT2D eigenvalue weighted by Crippen LogP contribution is -2.31. The summed E-state index contributed by atoms with van der Waals surface area (Å²) < 4.78 is 5.24. The van der Waals surface area contributed by atoms with Crippen LogP contribution in [0.3, 0.4) is 0 Å². The van der Waals surface area contributed by atoms with E-state index < -0.39 is 12.0 Å². The molecule has 3 rings (SSSR count). The lowest BCUT2D eigenvalue weighted by atomic mass is 9.96. The number of amides is 1. The summed E-state index contributed by atoms with van der Waals surface area (Å²) in [6.45, 7) is 7.69. The van der Waals surface area contributed by atoms with Crippen molar-refractivity contribution in [3.63, 3.8) is 0 Å². The number of aliphatic imine (C=N–C) groups is 1. The van der Waals surface area contributed by atoms with Crippen LogP contribution in [0.5, 0.6) is 0 Å². The van der Waals surface area contributed by atoms with Gasteiger partial charge in [-0.25, -0.2) is 9.79 Å². The minimum absolute atomic E-state index is 0.136. The van der Waals surface area contributed by atoms with Gasteiger partial charge in [-0.3, -0.25) is 4.79 Å². The second kappa shape index (κ2) is 11.1. The number of halogens is 2. The van der Waals surface area contributed by atoms with Gasteiger partial charge in [-0.2, -0.15) is 0 Å². The molecule has 1 amide bonds. The van der Waals surface area contributed by atoms with Gasteiger partial charge < -0.3 is 15.4 Å². The molecule has 0 saturated heterocycles. The topological polar surface area (TPSA) is 79.8 Å². The van der Waals surface area contributed by atoms with E-state index in [4.69, 9.17) is 27.9 Å². The summed E-state index contributed by atoms with van der Waals surface area (Å²) in [4.78, 5) is 29.9. The highest BCUT2D eigenvalue weighted by Gasteiger charge is 2.32. The number of carbonyl (C=O) groups excluding carboxylic acids is 2. The molecule has 33 heavy (non-hydrogen) atoms. The number of thioether (sulfide) groups is 1. The van der Waals surface area contributed by atoms with E-state index in [1.54, 1.807) is 32.0 Å². The van der Waals surface area contributed by atoms with Crippen LogP contribution in [0.25, 0.3) is 0 Å². The van der Waals surface area contributed by atoms with E-state index in [0.717, 1.165) is 16.8 Å². The number of amidine groups is 1. The van der Waals surface area contributed by atoms with E-state index in [1.165, 1.54) is 11.8 Å². The first-order valence-corrected chi connectivity index (χ1v) is 12.1. The number of allylic oxidation sites excluding steroid dienone is 1. The Hall–Kier alpha value is -2.48. The Labute approximate surface area is 207 Å². The molecule has 174 valence electrons. The van der Waals surface area contributed by atoms with Crippen molar-refractivity contribution < 1.29 is 14.3 Å². The van der Waals surface area contributed by atoms with E-state index >= 15 is 0 Å². The molecule has 0 spiro atoms. The first-order chi connectivity index (χ1) is 15.7. The fourth-order valence-corrected chi connectivity index (χ4v) is 4.58. The summed E-state index contributed by atoms with van der Waals surface area (Å²) >= 11 is 13.9. The summed E-state index contributed by atoms with van der Waals surface area (Å²) in [5.74, 6) is -0.507. The normalized spacial score (nSPS) is 15.6. The largest absolute Gasteiger partial charge is 0.463 e. The van der Waals surface area contributed by atoms with Crippen LogP contribution in [-0.4, -0.2) is 29.4 Å². The second-order valence-corrected chi connectivity index (χ2v) is 9.27. The lowest BCUT2D eigenvalue weighted by Gasteiger charge is -2.26. The van der Waals surface area contributed by atoms with Gasteiger partial charge in [-0.05, 0) is 45.4 Å². The number of nitrogens with one attached hydrogen (secondary N) is 2. The molecule has 2 aromatic carbocycles. The molecule has 1 aliphatic heterocycles. The predicted molar refractivity (Wildman–Crippen MR) is 136 cm³/mol. The van der Waals surface area contributed by atoms with Gasteiger partial charge in [0.2, 0.25) is 5.91 Å². The maximum atomic E-state index is 12.7. The van der Waals surface area contributed by atoms with Crippen LogP contribution in [0, 0.1) is 13.8 Å². The van der Waals surface area contributed by atoms with Gasteiger partial charge in [-0.15, -0.1) is 0 Å². The van der Waals surface area contributed by atoms with Crippen molar-refractivity contribution in [2.24, 2.45) is 4.99 Å². The standard InChI is InChI=1S/C24H25Cl2N3O3S/c1-5-32-23(31)20-15(4)27-24(29-22(20)16-7-6-8-17(25)21(16)26)33-12-19(30)28-18-10-9-13(2)11-14(18)3/h6-11,22H,5,12H2,1-4H3,(H,27,29)(H,28,30)/t22-/m0/s1. The molecule has 1 heterocycles. The van der Waals surface area contributed by atoms with Crippen molar-refractivity contribution in [1.29, 1.82) is 0 Å². The Morgan fingerprint density at radius 2 is 1.94 bits per heavy atom. The van der Waals surface area contributed by atoms with Crippen LogP contribution in [-0.2, 0) is 14.3 Å². The molecular formula is C24H25Cl2N3O3S. The zero-order chi connectivity index (χ0) is 24.1. The van der Waals surface area contributed by atoms with Crippen molar-refractivity contribution in [2.75, 3.05) is 17.7 Å². The zero-order valence-electron chi connectivity index (χ0n) is 18.8. The van der Waals surface area contributed by atoms with Gasteiger partial charge >= 0.3 is 5.97 Å². The van der Waals surface area contributed by atoms with E-state index in [1.807, 2.05) is 32.0 Å². The number of carbonyl (C=O) groups is 2. The first kappa shape index (κ1) is 25.1. The fraction of sp³-hybridized carbons (Fsp3) is 0.292. The fourth-order valence-electron chi connectivity index (χ4n) is 3.42. The minimum atomic E-state index is -0.707. The Kier molecular flexibility index (Phi) is 8.46. The molecule has 6 nitrogen and oxygen atoms in total. The Balaban J connectivity index is 1.82. The molecule has 0 aromatic heterocycles. The molecule has 0 saturated carbocycles. The average Bonchev–Trinajstić information content (AvgIpc) is 2.76. The molecule has 2 aromatic rings. The van der Waals surface area contributed by atoms with E-state index in [-0.39, 0.29) is 18.3 Å². The summed E-state index contributed by atoms with van der Waals surface area (Å²) in [5, 5.41) is 7.22. The molecule has 0 bridgehead atoms. The molecular weight excluding hydrogens is 481 g/mol. The van der Waals surface area contributed by atoms with Crippen LogP contribution < -0.4 is 10.6 Å². The van der Waals surface area contributed by atoms with Crippen LogP contribution in [0.15, 0.2) is 52.7 Å². The molecule has 0 aliphatic carbocycles.